The number of ether oxygens (including phenoxy) is 1. The van der Waals surface area contributed by atoms with E-state index >= 15 is 0 Å². The molecule has 184 valence electrons. The summed E-state index contributed by atoms with van der Waals surface area (Å²) >= 11 is 0. The molecule has 0 fully saturated rings. The third-order valence-electron chi connectivity index (χ3n) is 6.46. The zero-order valence-electron chi connectivity index (χ0n) is 20.8. The van der Waals surface area contributed by atoms with E-state index in [1.165, 1.54) is 29.8 Å². The molecule has 0 aliphatic heterocycles. The van der Waals surface area contributed by atoms with E-state index in [1.807, 2.05) is 0 Å². The van der Waals surface area contributed by atoms with Crippen molar-refractivity contribution < 1.29 is 17.9 Å². The van der Waals surface area contributed by atoms with Gasteiger partial charge in [-0.3, -0.25) is 4.99 Å². The molecule has 0 radical (unpaired) electrons. The largest absolute Gasteiger partial charge is 0.416 e. The Balaban J connectivity index is 2.16. The Morgan fingerprint density at radius 2 is 1.76 bits per heavy atom. The molecule has 1 aliphatic carbocycles. The monoisotopic (exact) mass is 463 g/mol. The summed E-state index contributed by atoms with van der Waals surface area (Å²) in [6, 6.07) is 5.57. The van der Waals surface area contributed by atoms with Crippen LogP contribution in [0.4, 0.5) is 13.2 Å². The Hall–Kier alpha value is -1.88. The van der Waals surface area contributed by atoms with E-state index < -0.39 is 11.7 Å². The van der Waals surface area contributed by atoms with Gasteiger partial charge in [0.05, 0.1) is 5.56 Å². The van der Waals surface area contributed by atoms with Gasteiger partial charge in [0.1, 0.15) is 0 Å². The molecule has 2 unspecified atom stereocenters. The number of rotatable bonds is 11. The van der Waals surface area contributed by atoms with Crippen LogP contribution in [-0.2, 0) is 10.9 Å². The van der Waals surface area contributed by atoms with Gasteiger partial charge >= 0.3 is 6.18 Å². The van der Waals surface area contributed by atoms with Gasteiger partial charge in [0.15, 0.2) is 0 Å². The van der Waals surface area contributed by atoms with E-state index in [0.717, 1.165) is 56.4 Å². The van der Waals surface area contributed by atoms with Crippen molar-refractivity contribution in [2.75, 3.05) is 20.3 Å². The van der Waals surface area contributed by atoms with E-state index in [-0.39, 0.29) is 11.8 Å². The number of hydrogen-bond donors (Lipinski definition) is 0. The van der Waals surface area contributed by atoms with Gasteiger partial charge in [-0.2, -0.15) is 13.2 Å². The smallest absolute Gasteiger partial charge is 0.385 e. The number of nitrogens with zero attached hydrogens (tertiary/aromatic N) is 1. The Bertz CT molecular complexity index is 819. The lowest BCUT2D eigenvalue weighted by molar-refractivity contribution is -0.137. The van der Waals surface area contributed by atoms with Crippen molar-refractivity contribution in [3.8, 4) is 0 Å². The first-order valence-corrected chi connectivity index (χ1v) is 12.3. The molecule has 0 amide bonds. The van der Waals surface area contributed by atoms with Crippen LogP contribution in [0, 0.1) is 17.8 Å². The summed E-state index contributed by atoms with van der Waals surface area (Å²) in [6.45, 7) is 10.3. The summed E-state index contributed by atoms with van der Waals surface area (Å²) in [4.78, 5) is 4.98. The van der Waals surface area contributed by atoms with E-state index in [2.05, 4.69) is 39.8 Å². The minimum absolute atomic E-state index is 0.204. The first-order chi connectivity index (χ1) is 15.7. The second-order valence-corrected chi connectivity index (χ2v) is 9.44. The first kappa shape index (κ1) is 27.4. The van der Waals surface area contributed by atoms with Crippen molar-refractivity contribution in [3.05, 3.63) is 53.1 Å². The second-order valence-electron chi connectivity index (χ2n) is 9.44. The molecule has 0 saturated heterocycles. The van der Waals surface area contributed by atoms with Gasteiger partial charge in [-0.25, -0.2) is 0 Å². The lowest BCUT2D eigenvalue weighted by atomic mass is 9.88. The Labute approximate surface area is 198 Å². The standard InChI is InChI=1S/C28H40F3NO/c1-6-22-19-26(23-10-12-24(13-11-23)28(29,30)31)25(20(2)3)14-15-27(22)32-17-8-7-9-21(4)16-18-33-5/h10-14,19-22H,6-9,15-18H2,1-5H3. The van der Waals surface area contributed by atoms with Crippen LogP contribution in [0.15, 0.2) is 47.0 Å². The summed E-state index contributed by atoms with van der Waals surface area (Å²) in [5.74, 6) is 1.16. The highest BCUT2D eigenvalue weighted by atomic mass is 19.4. The van der Waals surface area contributed by atoms with E-state index in [4.69, 9.17) is 9.73 Å². The maximum Gasteiger partial charge on any atom is 0.416 e. The molecule has 0 spiro atoms. The highest BCUT2D eigenvalue weighted by molar-refractivity contribution is 5.95. The van der Waals surface area contributed by atoms with Crippen molar-refractivity contribution >= 4 is 11.3 Å². The molecule has 5 heteroatoms. The van der Waals surface area contributed by atoms with Crippen LogP contribution in [0.25, 0.3) is 5.57 Å². The number of methoxy groups -OCH3 is 1. The molecule has 0 heterocycles. The number of alkyl halides is 3. The maximum atomic E-state index is 13.0. The van der Waals surface area contributed by atoms with Gasteiger partial charge in [0.2, 0.25) is 0 Å². The SMILES string of the molecule is CCC1C=C(c2ccc(C(F)(F)F)cc2)C(C(C)C)=CCC1=NCCCCC(C)CCOC. The summed E-state index contributed by atoms with van der Waals surface area (Å²) in [5, 5.41) is 0. The Morgan fingerprint density at radius 3 is 2.33 bits per heavy atom. The molecule has 0 saturated carbocycles. The number of halogens is 3. The zero-order chi connectivity index (χ0) is 24.4. The third-order valence-corrected chi connectivity index (χ3v) is 6.46. The van der Waals surface area contributed by atoms with Crippen LogP contribution in [0.1, 0.15) is 77.3 Å². The van der Waals surface area contributed by atoms with Crippen LogP contribution >= 0.6 is 0 Å². The Kier molecular flexibility index (Phi) is 10.9. The number of aliphatic imine (C=N–C) groups is 1. The normalized spacial score (nSPS) is 19.4. The number of benzene rings is 1. The van der Waals surface area contributed by atoms with Crippen LogP contribution in [0.2, 0.25) is 0 Å². The van der Waals surface area contributed by atoms with Crippen molar-refractivity contribution in [1.82, 2.24) is 0 Å². The summed E-state index contributed by atoms with van der Waals surface area (Å²) in [6.07, 6.45) is 6.41. The molecule has 0 aromatic heterocycles. The summed E-state index contributed by atoms with van der Waals surface area (Å²) in [7, 11) is 1.75. The average molecular weight is 464 g/mol. The number of allylic oxidation sites excluding steroid dienone is 4. The van der Waals surface area contributed by atoms with Crippen LogP contribution in [0.3, 0.4) is 0 Å². The van der Waals surface area contributed by atoms with Crippen molar-refractivity contribution in [2.45, 2.75) is 72.4 Å². The van der Waals surface area contributed by atoms with E-state index in [0.29, 0.717) is 5.92 Å². The molecular weight excluding hydrogens is 423 g/mol. The zero-order valence-corrected chi connectivity index (χ0v) is 20.8. The number of unbranched alkanes of at least 4 members (excludes halogenated alkanes) is 1. The molecule has 33 heavy (non-hydrogen) atoms. The average Bonchev–Trinajstić information content (AvgIpc) is 2.96. The van der Waals surface area contributed by atoms with Gasteiger partial charge in [0.25, 0.3) is 0 Å². The minimum Gasteiger partial charge on any atom is -0.385 e. The van der Waals surface area contributed by atoms with Crippen LogP contribution in [0.5, 0.6) is 0 Å². The highest BCUT2D eigenvalue weighted by Crippen LogP contribution is 2.36. The molecule has 2 rings (SSSR count). The topological polar surface area (TPSA) is 21.6 Å². The molecule has 1 aliphatic rings. The van der Waals surface area contributed by atoms with E-state index in [1.54, 1.807) is 19.2 Å². The maximum absolute atomic E-state index is 13.0. The second kappa shape index (κ2) is 13.1. The van der Waals surface area contributed by atoms with Gasteiger partial charge < -0.3 is 4.74 Å². The Morgan fingerprint density at radius 1 is 1.06 bits per heavy atom. The lowest BCUT2D eigenvalue weighted by Crippen LogP contribution is -2.11. The van der Waals surface area contributed by atoms with Gasteiger partial charge in [-0.05, 0) is 59.9 Å². The van der Waals surface area contributed by atoms with Crippen LogP contribution in [-0.4, -0.2) is 26.0 Å². The van der Waals surface area contributed by atoms with Crippen molar-refractivity contribution in [3.63, 3.8) is 0 Å². The van der Waals surface area contributed by atoms with Crippen molar-refractivity contribution in [2.24, 2.45) is 22.7 Å². The molecule has 2 nitrogen and oxygen atoms in total. The third kappa shape index (κ3) is 8.44. The molecule has 2 atom stereocenters. The molecule has 0 N–H and O–H groups in total. The molecular formula is C28H40F3NO. The van der Waals surface area contributed by atoms with Crippen molar-refractivity contribution in [1.29, 1.82) is 0 Å². The lowest BCUT2D eigenvalue weighted by Gasteiger charge is -2.17. The fraction of sp³-hybridized carbons (Fsp3) is 0.607. The summed E-state index contributed by atoms with van der Waals surface area (Å²) in [5.41, 5.74) is 3.65. The van der Waals surface area contributed by atoms with Crippen LogP contribution < -0.4 is 0 Å². The number of hydrogen-bond acceptors (Lipinski definition) is 2. The first-order valence-electron chi connectivity index (χ1n) is 12.3. The molecule has 1 aromatic carbocycles. The van der Waals surface area contributed by atoms with Gasteiger partial charge in [0, 0.05) is 38.3 Å². The predicted molar refractivity (Wildman–Crippen MR) is 133 cm³/mol. The molecule has 0 bridgehead atoms. The van der Waals surface area contributed by atoms with Gasteiger partial charge in [-0.15, -0.1) is 0 Å². The molecule has 1 aromatic rings. The highest BCUT2D eigenvalue weighted by Gasteiger charge is 2.30. The minimum atomic E-state index is -4.32. The summed E-state index contributed by atoms with van der Waals surface area (Å²) < 4.78 is 44.2. The predicted octanol–water partition coefficient (Wildman–Crippen LogP) is 8.39. The van der Waals surface area contributed by atoms with E-state index in [9.17, 15) is 13.2 Å². The fourth-order valence-electron chi connectivity index (χ4n) is 4.34. The quantitative estimate of drug-likeness (QED) is 0.302. The fourth-order valence-corrected chi connectivity index (χ4v) is 4.34. The van der Waals surface area contributed by atoms with Gasteiger partial charge in [-0.1, -0.05) is 64.8 Å².